The largest absolute Gasteiger partial charge is 0.383 e. The molecule has 0 bridgehead atoms. The Morgan fingerprint density at radius 3 is 3.05 bits per heavy atom. The van der Waals surface area contributed by atoms with Crippen molar-refractivity contribution >= 4 is 27.3 Å². The zero-order valence-electron chi connectivity index (χ0n) is 11.6. The van der Waals surface area contributed by atoms with Gasteiger partial charge >= 0.3 is 0 Å². The van der Waals surface area contributed by atoms with Gasteiger partial charge in [0.25, 0.3) is 0 Å². The highest BCUT2D eigenvalue weighted by Gasteiger charge is 2.41. The summed E-state index contributed by atoms with van der Waals surface area (Å²) in [7, 11) is 1.74. The average molecular weight is 348 g/mol. The fraction of sp³-hybridized carbons (Fsp3) is 0.714. The number of methoxy groups -OCH3 is 1. The van der Waals surface area contributed by atoms with Gasteiger partial charge in [-0.15, -0.1) is 11.3 Å². The maximum Gasteiger partial charge on any atom is 0.0619 e. The average Bonchev–Trinajstić information content (AvgIpc) is 2.94. The second kappa shape index (κ2) is 7.18. The minimum absolute atomic E-state index is 0.220. The Morgan fingerprint density at radius 2 is 2.47 bits per heavy atom. The molecule has 2 rings (SSSR count). The quantitative estimate of drug-likeness (QED) is 0.768. The van der Waals surface area contributed by atoms with Crippen LogP contribution in [0, 0.1) is 5.41 Å². The van der Waals surface area contributed by atoms with E-state index in [0.717, 1.165) is 39.1 Å². The normalized spacial score (nSPS) is 27.0. The summed E-state index contributed by atoms with van der Waals surface area (Å²) < 4.78 is 12.1. The topological polar surface area (TPSA) is 30.5 Å². The highest BCUT2D eigenvalue weighted by Crippen LogP contribution is 2.39. The van der Waals surface area contributed by atoms with Crippen molar-refractivity contribution in [3.05, 3.63) is 20.8 Å². The Morgan fingerprint density at radius 1 is 1.63 bits per heavy atom. The molecule has 19 heavy (non-hydrogen) atoms. The third-order valence-corrected chi connectivity index (χ3v) is 5.64. The van der Waals surface area contributed by atoms with Crippen LogP contribution < -0.4 is 5.32 Å². The summed E-state index contributed by atoms with van der Waals surface area (Å²) >= 11 is 5.36. The van der Waals surface area contributed by atoms with Gasteiger partial charge in [-0.2, -0.15) is 0 Å². The molecule has 1 aromatic rings. The second-order valence-corrected chi connectivity index (χ2v) is 7.11. The van der Waals surface area contributed by atoms with Crippen LogP contribution in [-0.4, -0.2) is 39.5 Å². The van der Waals surface area contributed by atoms with Crippen LogP contribution in [0.3, 0.4) is 0 Å². The molecule has 1 saturated heterocycles. The molecule has 2 heterocycles. The first-order chi connectivity index (χ1) is 9.16. The van der Waals surface area contributed by atoms with Gasteiger partial charge in [-0.05, 0) is 41.8 Å². The highest BCUT2D eigenvalue weighted by molar-refractivity contribution is 9.10. The van der Waals surface area contributed by atoms with Crippen molar-refractivity contribution in [2.24, 2.45) is 5.41 Å². The molecule has 0 radical (unpaired) electrons. The summed E-state index contributed by atoms with van der Waals surface area (Å²) in [4.78, 5) is 1.43. The maximum atomic E-state index is 5.83. The predicted octanol–water partition coefficient (Wildman–Crippen LogP) is 3.08. The first kappa shape index (κ1) is 15.4. The number of nitrogens with one attached hydrogen (secondary N) is 1. The Hall–Kier alpha value is 0.0600. The zero-order valence-corrected chi connectivity index (χ0v) is 14.0. The van der Waals surface area contributed by atoms with Gasteiger partial charge in [-0.3, -0.25) is 0 Å². The van der Waals surface area contributed by atoms with E-state index in [2.05, 4.69) is 39.6 Å². The maximum absolute atomic E-state index is 5.83. The smallest absolute Gasteiger partial charge is 0.0619 e. The highest BCUT2D eigenvalue weighted by atomic mass is 79.9. The SMILES string of the molecule is COCCNCC1(Cc2cc(Br)cs2)CCOC1C. The minimum atomic E-state index is 0.220. The van der Waals surface area contributed by atoms with E-state index in [0.29, 0.717) is 6.10 Å². The third-order valence-electron chi connectivity index (χ3n) is 3.94. The van der Waals surface area contributed by atoms with Gasteiger partial charge in [0.1, 0.15) is 0 Å². The number of thiophene rings is 1. The molecule has 1 N–H and O–H groups in total. The number of halogens is 1. The molecule has 108 valence electrons. The molecule has 0 saturated carbocycles. The Balaban J connectivity index is 1.98. The number of hydrogen-bond acceptors (Lipinski definition) is 4. The van der Waals surface area contributed by atoms with Crippen molar-refractivity contribution in [1.82, 2.24) is 5.32 Å². The van der Waals surface area contributed by atoms with Crippen LogP contribution in [0.25, 0.3) is 0 Å². The zero-order chi connectivity index (χ0) is 13.7. The molecule has 5 heteroatoms. The summed E-state index contributed by atoms with van der Waals surface area (Å²) in [5.74, 6) is 0. The summed E-state index contributed by atoms with van der Waals surface area (Å²) in [6, 6.07) is 2.23. The van der Waals surface area contributed by atoms with Crippen molar-refractivity contribution in [2.75, 3.05) is 33.4 Å². The second-order valence-electron chi connectivity index (χ2n) is 5.20. The summed E-state index contributed by atoms with van der Waals surface area (Å²) in [6.07, 6.45) is 2.53. The van der Waals surface area contributed by atoms with Crippen molar-refractivity contribution in [3.8, 4) is 0 Å². The first-order valence-electron chi connectivity index (χ1n) is 6.70. The van der Waals surface area contributed by atoms with Gasteiger partial charge in [0.05, 0.1) is 12.7 Å². The minimum Gasteiger partial charge on any atom is -0.383 e. The van der Waals surface area contributed by atoms with Crippen molar-refractivity contribution in [2.45, 2.75) is 25.9 Å². The van der Waals surface area contributed by atoms with Gasteiger partial charge in [-0.25, -0.2) is 0 Å². The van der Waals surface area contributed by atoms with Crippen LogP contribution in [-0.2, 0) is 15.9 Å². The van der Waals surface area contributed by atoms with E-state index in [9.17, 15) is 0 Å². The summed E-state index contributed by atoms with van der Waals surface area (Å²) in [5.41, 5.74) is 0.220. The molecule has 0 spiro atoms. The lowest BCUT2D eigenvalue weighted by Crippen LogP contribution is -2.42. The number of ether oxygens (including phenoxy) is 2. The molecule has 2 atom stereocenters. The monoisotopic (exact) mass is 347 g/mol. The third kappa shape index (κ3) is 4.02. The van der Waals surface area contributed by atoms with Crippen LogP contribution >= 0.6 is 27.3 Å². The Bertz CT molecular complexity index is 399. The molecule has 2 unspecified atom stereocenters. The van der Waals surface area contributed by atoms with Crippen LogP contribution in [0.5, 0.6) is 0 Å². The van der Waals surface area contributed by atoms with E-state index < -0.39 is 0 Å². The molecule has 1 fully saturated rings. The van der Waals surface area contributed by atoms with Crippen molar-refractivity contribution in [1.29, 1.82) is 0 Å². The molecular formula is C14H22BrNO2S. The molecular weight excluding hydrogens is 326 g/mol. The molecule has 3 nitrogen and oxygen atoms in total. The Labute approximate surface area is 127 Å². The number of rotatable bonds is 7. The van der Waals surface area contributed by atoms with Gasteiger partial charge in [0.2, 0.25) is 0 Å². The van der Waals surface area contributed by atoms with E-state index in [1.807, 2.05) is 11.3 Å². The van der Waals surface area contributed by atoms with Crippen molar-refractivity contribution < 1.29 is 9.47 Å². The van der Waals surface area contributed by atoms with Gasteiger partial charge in [-0.1, -0.05) is 0 Å². The molecule has 1 aliphatic rings. The van der Waals surface area contributed by atoms with E-state index in [1.54, 1.807) is 7.11 Å². The summed E-state index contributed by atoms with van der Waals surface area (Å²) in [5, 5.41) is 5.67. The van der Waals surface area contributed by atoms with Crippen LogP contribution in [0.1, 0.15) is 18.2 Å². The van der Waals surface area contributed by atoms with Crippen LogP contribution in [0.15, 0.2) is 15.9 Å². The fourth-order valence-corrected chi connectivity index (χ4v) is 4.26. The molecule has 0 amide bonds. The molecule has 1 aliphatic heterocycles. The number of hydrogen-bond donors (Lipinski definition) is 1. The van der Waals surface area contributed by atoms with Gasteiger partial charge < -0.3 is 14.8 Å². The standard InChI is InChI=1S/C14H22BrNO2S/c1-11-14(3-5-18-11,10-16-4-6-17-2)8-13-7-12(15)9-19-13/h7,9,11,16H,3-6,8,10H2,1-2H3. The molecule has 0 aliphatic carbocycles. The lowest BCUT2D eigenvalue weighted by molar-refractivity contribution is 0.0623. The van der Waals surface area contributed by atoms with Gasteiger partial charge in [0.15, 0.2) is 0 Å². The van der Waals surface area contributed by atoms with Crippen molar-refractivity contribution in [3.63, 3.8) is 0 Å². The van der Waals surface area contributed by atoms with E-state index >= 15 is 0 Å². The molecule has 0 aromatic carbocycles. The Kier molecular flexibility index (Phi) is 5.84. The van der Waals surface area contributed by atoms with E-state index in [1.165, 1.54) is 9.35 Å². The van der Waals surface area contributed by atoms with E-state index in [-0.39, 0.29) is 5.41 Å². The van der Waals surface area contributed by atoms with Crippen LogP contribution in [0.2, 0.25) is 0 Å². The van der Waals surface area contributed by atoms with Gasteiger partial charge in [0, 0.05) is 47.0 Å². The van der Waals surface area contributed by atoms with Crippen LogP contribution in [0.4, 0.5) is 0 Å². The van der Waals surface area contributed by atoms with E-state index in [4.69, 9.17) is 9.47 Å². The predicted molar refractivity (Wildman–Crippen MR) is 82.9 cm³/mol. The summed E-state index contributed by atoms with van der Waals surface area (Å²) in [6.45, 7) is 5.73. The first-order valence-corrected chi connectivity index (χ1v) is 8.38. The lowest BCUT2D eigenvalue weighted by atomic mass is 9.78. The molecule has 1 aromatic heterocycles. The fourth-order valence-electron chi connectivity index (χ4n) is 2.65. The lowest BCUT2D eigenvalue weighted by Gasteiger charge is -2.32.